The number of halogens is 1. The summed E-state index contributed by atoms with van der Waals surface area (Å²) < 4.78 is 17.2. The van der Waals surface area contributed by atoms with E-state index in [9.17, 15) is 14.4 Å². The normalized spacial score (nSPS) is 21.7. The lowest BCUT2D eigenvalue weighted by molar-refractivity contribution is -0.127. The SMILES string of the molecule is COc1ccc([C@@H]2[C@@H](C(=O)C(C)(C)C)N3c4ccc(Cl)cc4C=C[C@H]3C23C(=O)c2ccccc2C3=O)c(OC)c1OC. The average Bonchev–Trinajstić information content (AvgIpc) is 3.40. The van der Waals surface area contributed by atoms with Crippen LogP contribution in [0.2, 0.25) is 5.02 Å². The molecule has 0 saturated carbocycles. The zero-order chi connectivity index (χ0) is 30.1. The Morgan fingerprint density at radius 2 is 1.52 bits per heavy atom. The number of hydrogen-bond acceptors (Lipinski definition) is 7. The molecule has 0 aromatic heterocycles. The van der Waals surface area contributed by atoms with Crippen LogP contribution in [0, 0.1) is 10.8 Å². The molecule has 1 saturated heterocycles. The fraction of sp³-hybridized carbons (Fsp3) is 0.324. The van der Waals surface area contributed by atoms with Crippen LogP contribution < -0.4 is 19.1 Å². The van der Waals surface area contributed by atoms with E-state index in [0.717, 1.165) is 11.3 Å². The molecule has 6 rings (SSSR count). The third kappa shape index (κ3) is 3.62. The van der Waals surface area contributed by atoms with Gasteiger partial charge >= 0.3 is 0 Å². The highest BCUT2D eigenvalue weighted by atomic mass is 35.5. The summed E-state index contributed by atoms with van der Waals surface area (Å²) in [4.78, 5) is 46.3. The summed E-state index contributed by atoms with van der Waals surface area (Å²) in [5.41, 5.74) is 0.287. The third-order valence-corrected chi connectivity index (χ3v) is 9.08. The highest BCUT2D eigenvalue weighted by Crippen LogP contribution is 2.63. The predicted octanol–water partition coefficient (Wildman–Crippen LogP) is 6.41. The molecule has 0 N–H and O–H groups in total. The Morgan fingerprint density at radius 1 is 0.881 bits per heavy atom. The van der Waals surface area contributed by atoms with Gasteiger partial charge in [0.25, 0.3) is 0 Å². The Morgan fingerprint density at radius 3 is 2.10 bits per heavy atom. The first-order valence-electron chi connectivity index (χ1n) is 13.8. The number of carbonyl (C=O) groups excluding carboxylic acids is 3. The highest BCUT2D eigenvalue weighted by Gasteiger charge is 2.72. The van der Waals surface area contributed by atoms with Crippen molar-refractivity contribution in [1.82, 2.24) is 0 Å². The molecule has 7 nitrogen and oxygen atoms in total. The standard InChI is InChI=1S/C34H32ClNO6/c1-33(2,3)32(39)27-26(22-13-15-24(40-4)29(42-6)28(22)41-5)34(30(37)20-9-7-8-10-21(20)31(34)38)25-16-11-18-17-19(35)12-14-23(18)36(25)27/h7-17,25-27H,1-6H3/t25-,26+,27-/m0/s1. The van der Waals surface area contributed by atoms with Crippen molar-refractivity contribution in [3.05, 3.63) is 87.9 Å². The molecule has 42 heavy (non-hydrogen) atoms. The average molecular weight is 586 g/mol. The van der Waals surface area contributed by atoms with Gasteiger partial charge in [-0.1, -0.05) is 74.9 Å². The Hall–Kier alpha value is -4.10. The van der Waals surface area contributed by atoms with E-state index in [4.69, 9.17) is 25.8 Å². The van der Waals surface area contributed by atoms with E-state index in [1.807, 2.05) is 50.0 Å². The van der Waals surface area contributed by atoms with Gasteiger partial charge in [-0.05, 0) is 29.8 Å². The maximum Gasteiger partial charge on any atom is 0.203 e. The van der Waals surface area contributed by atoms with Crippen molar-refractivity contribution >= 4 is 40.7 Å². The van der Waals surface area contributed by atoms with Crippen molar-refractivity contribution < 1.29 is 28.6 Å². The Balaban J connectivity index is 1.75. The van der Waals surface area contributed by atoms with Crippen molar-refractivity contribution in [2.75, 3.05) is 26.2 Å². The molecule has 2 heterocycles. The minimum absolute atomic E-state index is 0.112. The zero-order valence-electron chi connectivity index (χ0n) is 24.4. The smallest absolute Gasteiger partial charge is 0.203 e. The Bertz CT molecular complexity index is 1650. The van der Waals surface area contributed by atoms with E-state index < -0.39 is 28.8 Å². The van der Waals surface area contributed by atoms with Gasteiger partial charge in [-0.25, -0.2) is 0 Å². The number of hydrogen-bond donors (Lipinski definition) is 0. The van der Waals surface area contributed by atoms with Crippen molar-refractivity contribution in [2.45, 2.75) is 38.8 Å². The molecule has 1 spiro atoms. The van der Waals surface area contributed by atoms with Crippen LogP contribution in [0.15, 0.2) is 60.7 Å². The summed E-state index contributed by atoms with van der Waals surface area (Å²) in [5, 5.41) is 0.544. The van der Waals surface area contributed by atoms with Crippen LogP contribution in [0.1, 0.15) is 58.5 Å². The molecule has 3 aliphatic rings. The van der Waals surface area contributed by atoms with Gasteiger partial charge in [0.2, 0.25) is 5.75 Å². The largest absolute Gasteiger partial charge is 0.493 e. The van der Waals surface area contributed by atoms with Crippen molar-refractivity contribution in [1.29, 1.82) is 0 Å². The van der Waals surface area contributed by atoms with E-state index in [0.29, 0.717) is 39.0 Å². The molecule has 2 aliphatic heterocycles. The van der Waals surface area contributed by atoms with Gasteiger partial charge in [0.15, 0.2) is 28.8 Å². The molecule has 1 fully saturated rings. The monoisotopic (exact) mass is 585 g/mol. The molecule has 3 atom stereocenters. The summed E-state index contributed by atoms with van der Waals surface area (Å²) in [6.45, 7) is 5.56. The van der Waals surface area contributed by atoms with Gasteiger partial charge in [-0.3, -0.25) is 14.4 Å². The summed E-state index contributed by atoms with van der Waals surface area (Å²) in [7, 11) is 4.52. The van der Waals surface area contributed by atoms with Gasteiger partial charge in [0, 0.05) is 38.7 Å². The number of methoxy groups -OCH3 is 3. The van der Waals surface area contributed by atoms with Gasteiger partial charge < -0.3 is 19.1 Å². The molecule has 0 unspecified atom stereocenters. The number of carbonyl (C=O) groups is 3. The van der Waals surface area contributed by atoms with Crippen molar-refractivity contribution in [2.24, 2.45) is 10.8 Å². The van der Waals surface area contributed by atoms with Gasteiger partial charge in [0.1, 0.15) is 5.41 Å². The summed E-state index contributed by atoms with van der Waals surface area (Å²) in [6.07, 6.45) is 3.76. The van der Waals surface area contributed by atoms with E-state index in [-0.39, 0.29) is 17.3 Å². The molecule has 0 amide bonds. The lowest BCUT2D eigenvalue weighted by Crippen LogP contribution is -2.49. The summed E-state index contributed by atoms with van der Waals surface area (Å²) >= 11 is 6.38. The Kier molecular flexibility index (Phi) is 6.50. The minimum Gasteiger partial charge on any atom is -0.493 e. The predicted molar refractivity (Wildman–Crippen MR) is 161 cm³/mol. The second-order valence-corrected chi connectivity index (χ2v) is 12.4. The first-order chi connectivity index (χ1) is 20.0. The van der Waals surface area contributed by atoms with Crippen LogP contribution in [0.4, 0.5) is 5.69 Å². The minimum atomic E-state index is -1.66. The number of ketones is 3. The van der Waals surface area contributed by atoms with Crippen LogP contribution in [-0.2, 0) is 4.79 Å². The summed E-state index contributed by atoms with van der Waals surface area (Å²) in [5.74, 6) is -0.616. The van der Waals surface area contributed by atoms with Crippen LogP contribution in [0.25, 0.3) is 6.08 Å². The Labute approximate surface area is 250 Å². The molecule has 8 heteroatoms. The van der Waals surface area contributed by atoms with Crippen LogP contribution in [0.5, 0.6) is 17.2 Å². The quantitative estimate of drug-likeness (QED) is 0.320. The lowest BCUT2D eigenvalue weighted by Gasteiger charge is -2.38. The van der Waals surface area contributed by atoms with E-state index in [1.165, 1.54) is 21.3 Å². The van der Waals surface area contributed by atoms with Crippen LogP contribution >= 0.6 is 11.6 Å². The van der Waals surface area contributed by atoms with Crippen LogP contribution in [0.3, 0.4) is 0 Å². The van der Waals surface area contributed by atoms with Crippen LogP contribution in [-0.4, -0.2) is 50.8 Å². The summed E-state index contributed by atoms with van der Waals surface area (Å²) in [6, 6.07) is 14.2. The molecule has 0 bridgehead atoms. The van der Waals surface area contributed by atoms with Crippen molar-refractivity contribution in [3.8, 4) is 17.2 Å². The number of anilines is 1. The van der Waals surface area contributed by atoms with Crippen molar-refractivity contribution in [3.63, 3.8) is 0 Å². The van der Waals surface area contributed by atoms with Gasteiger partial charge in [0.05, 0.1) is 33.4 Å². The number of benzene rings is 3. The third-order valence-electron chi connectivity index (χ3n) is 8.84. The molecule has 0 radical (unpaired) electrons. The number of ether oxygens (including phenoxy) is 3. The topological polar surface area (TPSA) is 82.1 Å². The van der Waals surface area contributed by atoms with E-state index in [1.54, 1.807) is 42.5 Å². The van der Waals surface area contributed by atoms with Gasteiger partial charge in [-0.2, -0.15) is 0 Å². The highest BCUT2D eigenvalue weighted by molar-refractivity contribution is 6.32. The van der Waals surface area contributed by atoms with E-state index in [2.05, 4.69) is 0 Å². The maximum absolute atomic E-state index is 14.8. The first-order valence-corrected chi connectivity index (χ1v) is 14.2. The molecular formula is C34H32ClNO6. The second-order valence-electron chi connectivity index (χ2n) is 11.9. The van der Waals surface area contributed by atoms with E-state index >= 15 is 0 Å². The maximum atomic E-state index is 14.8. The lowest BCUT2D eigenvalue weighted by atomic mass is 9.63. The van der Waals surface area contributed by atoms with Gasteiger partial charge in [-0.15, -0.1) is 0 Å². The fourth-order valence-corrected chi connectivity index (χ4v) is 7.28. The second kappa shape index (κ2) is 9.73. The number of Topliss-reactive ketones (excluding diaryl/α,β-unsaturated/α-hetero) is 3. The molecule has 216 valence electrons. The first kappa shape index (κ1) is 28.0. The molecular weight excluding hydrogens is 554 g/mol. The number of fused-ring (bicyclic) bond motifs is 5. The molecule has 3 aromatic rings. The zero-order valence-corrected chi connectivity index (χ0v) is 25.1. The number of nitrogens with zero attached hydrogens (tertiary/aromatic N) is 1. The molecule has 3 aromatic carbocycles. The molecule has 1 aliphatic carbocycles. The number of rotatable bonds is 5. The fourth-order valence-electron chi connectivity index (χ4n) is 7.10.